The minimum atomic E-state index is 0.195. The molecule has 2 atom stereocenters. The van der Waals surface area contributed by atoms with Gasteiger partial charge in [-0.05, 0) is 50.9 Å². The predicted octanol–water partition coefficient (Wildman–Crippen LogP) is 2.26. The van der Waals surface area contributed by atoms with Gasteiger partial charge in [0.25, 0.3) is 0 Å². The van der Waals surface area contributed by atoms with Crippen LogP contribution in [0.4, 0.5) is 0 Å². The van der Waals surface area contributed by atoms with E-state index in [2.05, 4.69) is 29.0 Å². The maximum absolute atomic E-state index is 5.73. The molecule has 1 aromatic carbocycles. The van der Waals surface area contributed by atoms with Gasteiger partial charge in [-0.15, -0.1) is 0 Å². The molecule has 0 bridgehead atoms. The molecule has 4 rings (SSSR count). The summed E-state index contributed by atoms with van der Waals surface area (Å²) in [7, 11) is 5.79. The number of likely N-dealkylation sites (tertiary alicyclic amines) is 1. The summed E-state index contributed by atoms with van der Waals surface area (Å²) in [5.41, 5.74) is 3.06. The van der Waals surface area contributed by atoms with Crippen LogP contribution in [0, 0.1) is 0 Å². The third kappa shape index (κ3) is 1.71. The molecule has 0 radical (unpaired) electrons. The first-order valence-corrected chi connectivity index (χ1v) is 8.42. The van der Waals surface area contributed by atoms with Gasteiger partial charge in [-0.1, -0.05) is 6.07 Å². The summed E-state index contributed by atoms with van der Waals surface area (Å²) in [5.74, 6) is 1.82. The van der Waals surface area contributed by atoms with Crippen molar-refractivity contribution < 1.29 is 9.47 Å². The van der Waals surface area contributed by atoms with E-state index in [0.717, 1.165) is 24.5 Å². The van der Waals surface area contributed by atoms with Crippen molar-refractivity contribution in [2.24, 2.45) is 0 Å². The van der Waals surface area contributed by atoms with Crippen LogP contribution in [0.3, 0.4) is 0 Å². The van der Waals surface area contributed by atoms with Crippen molar-refractivity contribution in [2.75, 3.05) is 40.9 Å². The highest BCUT2D eigenvalue weighted by Gasteiger charge is 2.55. The lowest BCUT2D eigenvalue weighted by Crippen LogP contribution is -2.58. The van der Waals surface area contributed by atoms with Gasteiger partial charge in [0.1, 0.15) is 0 Å². The molecule has 0 aromatic heterocycles. The Morgan fingerprint density at radius 1 is 1.14 bits per heavy atom. The van der Waals surface area contributed by atoms with Crippen molar-refractivity contribution in [3.8, 4) is 11.5 Å². The van der Waals surface area contributed by atoms with Crippen LogP contribution in [0.5, 0.6) is 11.5 Å². The van der Waals surface area contributed by atoms with Crippen molar-refractivity contribution in [3.05, 3.63) is 23.3 Å². The van der Waals surface area contributed by atoms with Crippen LogP contribution >= 0.6 is 0 Å². The van der Waals surface area contributed by atoms with E-state index in [-0.39, 0.29) is 5.54 Å². The zero-order valence-electron chi connectivity index (χ0n) is 13.9. The van der Waals surface area contributed by atoms with E-state index < -0.39 is 0 Å². The van der Waals surface area contributed by atoms with Crippen LogP contribution in [0.1, 0.15) is 30.4 Å². The Labute approximate surface area is 133 Å². The number of hydrogen-bond donors (Lipinski definition) is 0. The smallest absolute Gasteiger partial charge is 0.164 e. The number of methoxy groups -OCH3 is 2. The fourth-order valence-corrected chi connectivity index (χ4v) is 5.28. The molecule has 0 aliphatic carbocycles. The van der Waals surface area contributed by atoms with Crippen LogP contribution in [0.15, 0.2) is 12.1 Å². The first-order valence-electron chi connectivity index (χ1n) is 8.42. The summed E-state index contributed by atoms with van der Waals surface area (Å²) in [6, 6.07) is 5.04. The Morgan fingerprint density at radius 3 is 2.77 bits per heavy atom. The van der Waals surface area contributed by atoms with Crippen molar-refractivity contribution in [2.45, 2.75) is 37.3 Å². The van der Waals surface area contributed by atoms with E-state index in [9.17, 15) is 0 Å². The van der Waals surface area contributed by atoms with Crippen molar-refractivity contribution in [1.29, 1.82) is 0 Å². The Kier molecular flexibility index (Phi) is 3.35. The Balaban J connectivity index is 1.90. The minimum absolute atomic E-state index is 0.195. The van der Waals surface area contributed by atoms with E-state index in [1.54, 1.807) is 14.2 Å². The van der Waals surface area contributed by atoms with Crippen LogP contribution in [0.2, 0.25) is 0 Å². The molecule has 0 N–H and O–H groups in total. The quantitative estimate of drug-likeness (QED) is 0.836. The summed E-state index contributed by atoms with van der Waals surface area (Å²) in [6.45, 7) is 3.59. The van der Waals surface area contributed by atoms with Gasteiger partial charge in [0, 0.05) is 24.7 Å². The highest BCUT2D eigenvalue weighted by Crippen LogP contribution is 2.53. The normalized spacial score (nSPS) is 31.3. The van der Waals surface area contributed by atoms with E-state index >= 15 is 0 Å². The summed E-state index contributed by atoms with van der Waals surface area (Å²) < 4.78 is 11.2. The second kappa shape index (κ2) is 5.14. The summed E-state index contributed by atoms with van der Waals surface area (Å²) in [5, 5.41) is 0. The lowest BCUT2D eigenvalue weighted by molar-refractivity contribution is 0.0130. The molecule has 3 heterocycles. The van der Waals surface area contributed by atoms with E-state index in [4.69, 9.17) is 9.47 Å². The van der Waals surface area contributed by atoms with Crippen LogP contribution in [-0.4, -0.2) is 56.7 Å². The van der Waals surface area contributed by atoms with Gasteiger partial charge in [-0.2, -0.15) is 0 Å². The molecule has 120 valence electrons. The lowest BCUT2D eigenvalue weighted by Gasteiger charge is -2.52. The Hall–Kier alpha value is -1.26. The van der Waals surface area contributed by atoms with Crippen molar-refractivity contribution in [3.63, 3.8) is 0 Å². The first kappa shape index (κ1) is 14.3. The maximum atomic E-state index is 5.73. The molecule has 3 aliphatic heterocycles. The van der Waals surface area contributed by atoms with Crippen LogP contribution in [0.25, 0.3) is 0 Å². The fourth-order valence-electron chi connectivity index (χ4n) is 5.28. The highest BCUT2D eigenvalue weighted by atomic mass is 16.5. The van der Waals surface area contributed by atoms with Crippen molar-refractivity contribution >= 4 is 0 Å². The third-order valence-corrected chi connectivity index (χ3v) is 6.14. The van der Waals surface area contributed by atoms with Gasteiger partial charge >= 0.3 is 0 Å². The van der Waals surface area contributed by atoms with Crippen LogP contribution in [-0.2, 0) is 12.0 Å². The SMILES string of the molecule is COc1ccc2c(c1OC)CCN1CC[C@@H]3N(C)CCC[C@@]231. The highest BCUT2D eigenvalue weighted by molar-refractivity contribution is 5.55. The average Bonchev–Trinajstić information content (AvgIpc) is 2.94. The molecule has 0 unspecified atom stereocenters. The number of piperidine rings is 1. The second-order valence-electron chi connectivity index (χ2n) is 6.88. The molecular formula is C18H26N2O2. The predicted molar refractivity (Wildman–Crippen MR) is 86.8 cm³/mol. The van der Waals surface area contributed by atoms with E-state index in [1.807, 2.05) is 0 Å². The zero-order valence-corrected chi connectivity index (χ0v) is 13.9. The van der Waals surface area contributed by atoms with Gasteiger partial charge in [-0.3, -0.25) is 4.90 Å². The monoisotopic (exact) mass is 302 g/mol. The number of hydrogen-bond acceptors (Lipinski definition) is 4. The molecule has 4 nitrogen and oxygen atoms in total. The van der Waals surface area contributed by atoms with E-state index in [0.29, 0.717) is 6.04 Å². The molecule has 2 saturated heterocycles. The molecule has 0 saturated carbocycles. The molecule has 2 fully saturated rings. The first-order chi connectivity index (χ1) is 10.7. The molecule has 3 aliphatic rings. The van der Waals surface area contributed by atoms with E-state index in [1.165, 1.54) is 43.5 Å². The summed E-state index contributed by atoms with van der Waals surface area (Å²) >= 11 is 0. The second-order valence-corrected chi connectivity index (χ2v) is 6.88. The van der Waals surface area contributed by atoms with Gasteiger partial charge in [0.15, 0.2) is 11.5 Å². The Bertz CT molecular complexity index is 589. The van der Waals surface area contributed by atoms with Gasteiger partial charge in [0.05, 0.1) is 19.8 Å². The minimum Gasteiger partial charge on any atom is -0.493 e. The molecule has 0 amide bonds. The summed E-state index contributed by atoms with van der Waals surface area (Å²) in [6.07, 6.45) is 4.89. The number of rotatable bonds is 2. The lowest BCUT2D eigenvalue weighted by atomic mass is 9.72. The maximum Gasteiger partial charge on any atom is 0.164 e. The Morgan fingerprint density at radius 2 is 2.00 bits per heavy atom. The zero-order chi connectivity index (χ0) is 15.3. The average molecular weight is 302 g/mol. The number of fused-ring (bicyclic) bond motifs is 1. The molecule has 1 spiro atoms. The number of nitrogens with zero attached hydrogens (tertiary/aromatic N) is 2. The largest absolute Gasteiger partial charge is 0.493 e. The summed E-state index contributed by atoms with van der Waals surface area (Å²) in [4.78, 5) is 5.32. The molecular weight excluding hydrogens is 276 g/mol. The number of ether oxygens (including phenoxy) is 2. The fraction of sp³-hybridized carbons (Fsp3) is 0.667. The molecule has 1 aromatic rings. The molecule has 22 heavy (non-hydrogen) atoms. The standard InChI is InChI=1S/C18H26N2O2/c1-19-10-4-9-18-14-5-6-15(21-2)17(22-3)13(14)7-11-20(18)12-8-16(18)19/h5-6,16H,4,7-12H2,1-3H3/t16-,18+/m0/s1. The number of likely N-dealkylation sites (N-methyl/N-ethyl adjacent to an activating group) is 1. The van der Waals surface area contributed by atoms with Crippen molar-refractivity contribution in [1.82, 2.24) is 9.80 Å². The van der Waals surface area contributed by atoms with Gasteiger partial charge < -0.3 is 14.4 Å². The van der Waals surface area contributed by atoms with Gasteiger partial charge in [-0.25, -0.2) is 0 Å². The number of benzene rings is 1. The molecule has 4 heteroatoms. The van der Waals surface area contributed by atoms with Gasteiger partial charge in [0.2, 0.25) is 0 Å². The third-order valence-electron chi connectivity index (χ3n) is 6.14. The van der Waals surface area contributed by atoms with Crippen LogP contribution < -0.4 is 9.47 Å². The topological polar surface area (TPSA) is 24.9 Å².